The van der Waals surface area contributed by atoms with E-state index in [1.807, 2.05) is 44.2 Å². The van der Waals surface area contributed by atoms with E-state index in [4.69, 9.17) is 9.47 Å². The van der Waals surface area contributed by atoms with Crippen LogP contribution in [0.2, 0.25) is 0 Å². The summed E-state index contributed by atoms with van der Waals surface area (Å²) in [5.74, 6) is 0.622. The summed E-state index contributed by atoms with van der Waals surface area (Å²) >= 11 is 0. The summed E-state index contributed by atoms with van der Waals surface area (Å²) in [5, 5.41) is 2.89. The predicted octanol–water partition coefficient (Wildman–Crippen LogP) is 3.92. The van der Waals surface area contributed by atoms with Crippen LogP contribution < -0.4 is 19.7 Å². The van der Waals surface area contributed by atoms with Gasteiger partial charge in [-0.05, 0) is 64.4 Å². The molecule has 28 heavy (non-hydrogen) atoms. The molecule has 1 aliphatic rings. The molecule has 6 nitrogen and oxygen atoms in total. The number of carbonyl (C=O) groups excluding carboxylic acids is 2. The van der Waals surface area contributed by atoms with Gasteiger partial charge >= 0.3 is 0 Å². The van der Waals surface area contributed by atoms with Gasteiger partial charge in [0, 0.05) is 0 Å². The van der Waals surface area contributed by atoms with Crippen molar-refractivity contribution in [3.63, 3.8) is 0 Å². The SMILES string of the molecule is CCOc1ccccc1NC(=O)C(C)N1C(=O)C(C)(C)Oc2ccc(C)cc21. The van der Waals surface area contributed by atoms with E-state index in [0.717, 1.165) is 5.56 Å². The summed E-state index contributed by atoms with van der Waals surface area (Å²) in [6.45, 7) is 9.44. The maximum Gasteiger partial charge on any atom is 0.271 e. The Balaban J connectivity index is 1.93. The molecule has 0 bridgehead atoms. The summed E-state index contributed by atoms with van der Waals surface area (Å²) in [7, 11) is 0. The van der Waals surface area contributed by atoms with Gasteiger partial charge in [-0.25, -0.2) is 0 Å². The highest BCUT2D eigenvalue weighted by Gasteiger charge is 2.44. The molecule has 2 aromatic carbocycles. The zero-order chi connectivity index (χ0) is 20.5. The fourth-order valence-electron chi connectivity index (χ4n) is 3.21. The van der Waals surface area contributed by atoms with E-state index in [9.17, 15) is 9.59 Å². The number of rotatable bonds is 5. The average Bonchev–Trinajstić information content (AvgIpc) is 2.64. The van der Waals surface area contributed by atoms with E-state index >= 15 is 0 Å². The summed E-state index contributed by atoms with van der Waals surface area (Å²) < 4.78 is 11.4. The van der Waals surface area contributed by atoms with Gasteiger partial charge in [0.25, 0.3) is 5.91 Å². The number of carbonyl (C=O) groups is 2. The second kappa shape index (κ2) is 7.54. The quantitative estimate of drug-likeness (QED) is 0.851. The van der Waals surface area contributed by atoms with Crippen LogP contribution in [-0.4, -0.2) is 30.1 Å². The van der Waals surface area contributed by atoms with E-state index in [-0.39, 0.29) is 11.8 Å². The molecule has 0 saturated heterocycles. The van der Waals surface area contributed by atoms with Crippen molar-refractivity contribution in [3.8, 4) is 11.5 Å². The van der Waals surface area contributed by atoms with Crippen LogP contribution >= 0.6 is 0 Å². The van der Waals surface area contributed by atoms with Crippen molar-refractivity contribution in [3.05, 3.63) is 48.0 Å². The Morgan fingerprint density at radius 3 is 2.68 bits per heavy atom. The second-order valence-corrected chi connectivity index (χ2v) is 7.35. The van der Waals surface area contributed by atoms with Crippen molar-refractivity contribution < 1.29 is 19.1 Å². The van der Waals surface area contributed by atoms with E-state index in [2.05, 4.69) is 5.32 Å². The zero-order valence-electron chi connectivity index (χ0n) is 16.9. The standard InChI is InChI=1S/C22H26N2O4/c1-6-27-18-10-8-7-9-16(18)23-20(25)15(3)24-17-13-14(2)11-12-19(17)28-22(4,5)21(24)26/h7-13,15H,6H2,1-5H3,(H,23,25). The van der Waals surface area contributed by atoms with Gasteiger partial charge in [0.15, 0.2) is 5.60 Å². The van der Waals surface area contributed by atoms with Crippen LogP contribution in [0.1, 0.15) is 33.3 Å². The number of para-hydroxylation sites is 2. The number of fused-ring (bicyclic) bond motifs is 1. The highest BCUT2D eigenvalue weighted by molar-refractivity contribution is 6.09. The van der Waals surface area contributed by atoms with Crippen LogP contribution in [0.25, 0.3) is 0 Å². The number of benzene rings is 2. The van der Waals surface area contributed by atoms with Crippen molar-refractivity contribution in [2.45, 2.75) is 46.3 Å². The summed E-state index contributed by atoms with van der Waals surface area (Å²) in [6.07, 6.45) is 0. The first kappa shape index (κ1) is 19.7. The van der Waals surface area contributed by atoms with Gasteiger partial charge in [0.2, 0.25) is 5.91 Å². The smallest absolute Gasteiger partial charge is 0.271 e. The lowest BCUT2D eigenvalue weighted by atomic mass is 10.0. The largest absolute Gasteiger partial charge is 0.492 e. The topological polar surface area (TPSA) is 67.9 Å². The van der Waals surface area contributed by atoms with Crippen LogP contribution in [0.5, 0.6) is 11.5 Å². The molecule has 0 aromatic heterocycles. The number of aryl methyl sites for hydroxylation is 1. The molecule has 2 aromatic rings. The first-order chi connectivity index (χ1) is 13.2. The van der Waals surface area contributed by atoms with Crippen LogP contribution in [0.4, 0.5) is 11.4 Å². The molecule has 1 N–H and O–H groups in total. The molecular formula is C22H26N2O4. The Bertz CT molecular complexity index is 907. The maximum atomic E-state index is 13.1. The number of ether oxygens (including phenoxy) is 2. The Morgan fingerprint density at radius 1 is 1.25 bits per heavy atom. The Hall–Kier alpha value is -3.02. The minimum absolute atomic E-state index is 0.258. The monoisotopic (exact) mass is 382 g/mol. The molecule has 2 amide bonds. The molecule has 0 radical (unpaired) electrons. The minimum atomic E-state index is -1.06. The van der Waals surface area contributed by atoms with Gasteiger partial charge < -0.3 is 14.8 Å². The molecule has 1 unspecified atom stereocenters. The molecule has 1 aliphatic heterocycles. The zero-order valence-corrected chi connectivity index (χ0v) is 16.9. The molecule has 1 heterocycles. The van der Waals surface area contributed by atoms with Crippen molar-refractivity contribution in [2.24, 2.45) is 0 Å². The third-order valence-corrected chi connectivity index (χ3v) is 4.68. The van der Waals surface area contributed by atoms with E-state index in [1.165, 1.54) is 4.90 Å². The van der Waals surface area contributed by atoms with Crippen LogP contribution in [-0.2, 0) is 9.59 Å². The van der Waals surface area contributed by atoms with E-state index in [0.29, 0.717) is 29.5 Å². The number of hydrogen-bond donors (Lipinski definition) is 1. The van der Waals surface area contributed by atoms with E-state index in [1.54, 1.807) is 32.9 Å². The highest BCUT2D eigenvalue weighted by Crippen LogP contribution is 2.39. The van der Waals surface area contributed by atoms with Gasteiger partial charge in [-0.15, -0.1) is 0 Å². The molecule has 0 saturated carbocycles. The minimum Gasteiger partial charge on any atom is -0.492 e. The van der Waals surface area contributed by atoms with Gasteiger partial charge in [0.05, 0.1) is 18.0 Å². The number of amides is 2. The Labute approximate surface area is 165 Å². The fraction of sp³-hybridized carbons (Fsp3) is 0.364. The molecular weight excluding hydrogens is 356 g/mol. The molecule has 0 spiro atoms. The third kappa shape index (κ3) is 3.67. The first-order valence-corrected chi connectivity index (χ1v) is 9.40. The van der Waals surface area contributed by atoms with Gasteiger partial charge in [-0.2, -0.15) is 0 Å². The Kier molecular flexibility index (Phi) is 5.31. The Morgan fingerprint density at radius 2 is 1.96 bits per heavy atom. The molecule has 3 rings (SSSR count). The normalized spacial score (nSPS) is 16.0. The lowest BCUT2D eigenvalue weighted by Gasteiger charge is -2.41. The molecule has 0 aliphatic carbocycles. The van der Waals surface area contributed by atoms with Crippen molar-refractivity contribution >= 4 is 23.2 Å². The molecule has 1 atom stereocenters. The van der Waals surface area contributed by atoms with Gasteiger partial charge in [0.1, 0.15) is 17.5 Å². The number of nitrogens with zero attached hydrogens (tertiary/aromatic N) is 1. The molecule has 6 heteroatoms. The maximum absolute atomic E-state index is 13.1. The van der Waals surface area contributed by atoms with Crippen LogP contribution in [0.15, 0.2) is 42.5 Å². The molecule has 0 fully saturated rings. The predicted molar refractivity (Wildman–Crippen MR) is 109 cm³/mol. The summed E-state index contributed by atoms with van der Waals surface area (Å²) in [4.78, 5) is 27.6. The van der Waals surface area contributed by atoms with Crippen LogP contribution in [0, 0.1) is 6.92 Å². The highest BCUT2D eigenvalue weighted by atomic mass is 16.5. The van der Waals surface area contributed by atoms with Crippen molar-refractivity contribution in [2.75, 3.05) is 16.8 Å². The van der Waals surface area contributed by atoms with Crippen molar-refractivity contribution in [1.29, 1.82) is 0 Å². The van der Waals surface area contributed by atoms with Gasteiger partial charge in [-0.1, -0.05) is 18.2 Å². The third-order valence-electron chi connectivity index (χ3n) is 4.68. The first-order valence-electron chi connectivity index (χ1n) is 9.40. The van der Waals surface area contributed by atoms with Crippen LogP contribution in [0.3, 0.4) is 0 Å². The second-order valence-electron chi connectivity index (χ2n) is 7.35. The number of hydrogen-bond acceptors (Lipinski definition) is 4. The number of anilines is 2. The lowest BCUT2D eigenvalue weighted by Crippen LogP contribution is -2.57. The fourth-order valence-corrected chi connectivity index (χ4v) is 3.21. The number of nitrogens with one attached hydrogen (secondary N) is 1. The lowest BCUT2D eigenvalue weighted by molar-refractivity contribution is -0.134. The summed E-state index contributed by atoms with van der Waals surface area (Å²) in [5.41, 5.74) is 1.10. The summed E-state index contributed by atoms with van der Waals surface area (Å²) in [6, 6.07) is 12.1. The van der Waals surface area contributed by atoms with E-state index < -0.39 is 11.6 Å². The van der Waals surface area contributed by atoms with Crippen molar-refractivity contribution in [1.82, 2.24) is 0 Å². The average molecular weight is 382 g/mol. The van der Waals surface area contributed by atoms with Gasteiger partial charge in [-0.3, -0.25) is 14.5 Å². The molecule has 148 valence electrons.